The van der Waals surface area contributed by atoms with Gasteiger partial charge in [-0.2, -0.15) is 0 Å². The summed E-state index contributed by atoms with van der Waals surface area (Å²) in [6, 6.07) is 11.3. The Hall–Kier alpha value is -3.20. The highest BCUT2D eigenvalue weighted by atomic mass is 32.2. The number of anilines is 1. The molecule has 28 heavy (non-hydrogen) atoms. The molecule has 2 N–H and O–H groups in total. The van der Waals surface area contributed by atoms with Gasteiger partial charge in [0.2, 0.25) is 11.8 Å². The zero-order valence-corrected chi connectivity index (χ0v) is 16.2. The van der Waals surface area contributed by atoms with Crippen LogP contribution in [0.25, 0.3) is 0 Å². The van der Waals surface area contributed by atoms with Crippen molar-refractivity contribution in [3.63, 3.8) is 0 Å². The van der Waals surface area contributed by atoms with Crippen LogP contribution >= 0.6 is 0 Å². The maximum atomic E-state index is 12.4. The van der Waals surface area contributed by atoms with Crippen LogP contribution in [0.4, 0.5) is 5.69 Å². The Morgan fingerprint density at radius 3 is 2.25 bits per heavy atom. The number of sulfonamides is 1. The molecule has 0 spiro atoms. The number of rotatable bonds is 5. The van der Waals surface area contributed by atoms with Crippen LogP contribution in [0.2, 0.25) is 0 Å². The second-order valence-electron chi connectivity index (χ2n) is 6.40. The molecule has 3 rings (SSSR count). The maximum absolute atomic E-state index is 12.4. The summed E-state index contributed by atoms with van der Waals surface area (Å²) < 4.78 is 25.4. The van der Waals surface area contributed by atoms with Crippen LogP contribution in [0.15, 0.2) is 47.4 Å². The Kier molecular flexibility index (Phi) is 5.19. The molecule has 0 saturated carbocycles. The first-order valence-electron chi connectivity index (χ1n) is 8.50. The number of hydrogen-bond donors (Lipinski definition) is 2. The number of nitrogens with one attached hydrogen (secondary N) is 2. The van der Waals surface area contributed by atoms with E-state index in [-0.39, 0.29) is 17.0 Å². The lowest BCUT2D eigenvalue weighted by Gasteiger charge is -2.15. The SMILES string of the molecule is Cc1cccc(C)c1NC(=O)CNC(=O)CN1C(=O)c2ccccc2S1(=O)=O. The topological polar surface area (TPSA) is 113 Å². The molecule has 2 aromatic rings. The highest BCUT2D eigenvalue weighted by Crippen LogP contribution is 2.29. The van der Waals surface area contributed by atoms with Gasteiger partial charge in [0.15, 0.2) is 0 Å². The number of nitrogens with zero attached hydrogens (tertiary/aromatic N) is 1. The Morgan fingerprint density at radius 1 is 0.964 bits per heavy atom. The lowest BCUT2D eigenvalue weighted by molar-refractivity contribution is -0.124. The molecule has 1 aliphatic rings. The van der Waals surface area contributed by atoms with E-state index in [9.17, 15) is 22.8 Å². The molecule has 0 saturated heterocycles. The van der Waals surface area contributed by atoms with Gasteiger partial charge in [-0.1, -0.05) is 30.3 Å². The van der Waals surface area contributed by atoms with Gasteiger partial charge in [0.1, 0.15) is 11.4 Å². The van der Waals surface area contributed by atoms with Gasteiger partial charge in [0.05, 0.1) is 12.1 Å². The van der Waals surface area contributed by atoms with Gasteiger partial charge in [-0.3, -0.25) is 14.4 Å². The molecule has 0 atom stereocenters. The van der Waals surface area contributed by atoms with Crippen molar-refractivity contribution in [2.45, 2.75) is 18.7 Å². The lowest BCUT2D eigenvalue weighted by atomic mass is 10.1. The van der Waals surface area contributed by atoms with E-state index < -0.39 is 34.3 Å². The van der Waals surface area contributed by atoms with Crippen LogP contribution in [0.1, 0.15) is 21.5 Å². The first kappa shape index (κ1) is 19.6. The van der Waals surface area contributed by atoms with Crippen molar-refractivity contribution >= 4 is 33.4 Å². The largest absolute Gasteiger partial charge is 0.345 e. The van der Waals surface area contributed by atoms with Gasteiger partial charge in [0, 0.05) is 5.69 Å². The quantitative estimate of drug-likeness (QED) is 0.782. The molecule has 1 aliphatic heterocycles. The van der Waals surface area contributed by atoms with Crippen LogP contribution in [0, 0.1) is 13.8 Å². The van der Waals surface area contributed by atoms with Crippen molar-refractivity contribution in [3.8, 4) is 0 Å². The third-order valence-corrected chi connectivity index (χ3v) is 6.18. The van der Waals surface area contributed by atoms with Gasteiger partial charge in [-0.25, -0.2) is 12.7 Å². The minimum atomic E-state index is -4.07. The highest BCUT2D eigenvalue weighted by Gasteiger charge is 2.41. The van der Waals surface area contributed by atoms with E-state index in [1.165, 1.54) is 18.2 Å². The van der Waals surface area contributed by atoms with Crippen LogP contribution < -0.4 is 10.6 Å². The zero-order chi connectivity index (χ0) is 20.5. The number of benzene rings is 2. The van der Waals surface area contributed by atoms with Gasteiger partial charge < -0.3 is 10.6 Å². The molecular weight excluding hydrogens is 382 g/mol. The van der Waals surface area contributed by atoms with Gasteiger partial charge in [0.25, 0.3) is 15.9 Å². The van der Waals surface area contributed by atoms with E-state index >= 15 is 0 Å². The number of carbonyl (C=O) groups is 3. The summed E-state index contributed by atoms with van der Waals surface area (Å²) in [5, 5.41) is 5.06. The predicted octanol–water partition coefficient (Wildman–Crippen LogP) is 1.20. The smallest absolute Gasteiger partial charge is 0.269 e. The first-order chi connectivity index (χ1) is 13.2. The van der Waals surface area contributed by atoms with Gasteiger partial charge in [-0.05, 0) is 37.1 Å². The highest BCUT2D eigenvalue weighted by molar-refractivity contribution is 7.90. The van der Waals surface area contributed by atoms with E-state index in [4.69, 9.17) is 0 Å². The second-order valence-corrected chi connectivity index (χ2v) is 8.24. The molecule has 9 heteroatoms. The Balaban J connectivity index is 1.61. The van der Waals surface area contributed by atoms with E-state index in [2.05, 4.69) is 10.6 Å². The Morgan fingerprint density at radius 2 is 1.61 bits per heavy atom. The standard InChI is InChI=1S/C19H19N3O5S/c1-12-6-5-7-13(2)18(12)21-16(23)10-20-17(24)11-22-19(25)14-8-3-4-9-15(14)28(22,26)27/h3-9H,10-11H2,1-2H3,(H,20,24)(H,21,23). The second kappa shape index (κ2) is 7.43. The van der Waals surface area contributed by atoms with Crippen molar-refractivity contribution in [1.82, 2.24) is 9.62 Å². The molecule has 146 valence electrons. The zero-order valence-electron chi connectivity index (χ0n) is 15.4. The molecule has 0 fully saturated rings. The normalized spacial score (nSPS) is 14.5. The monoisotopic (exact) mass is 401 g/mol. The summed E-state index contributed by atoms with van der Waals surface area (Å²) >= 11 is 0. The molecule has 0 aromatic heterocycles. The number of amides is 3. The van der Waals surface area contributed by atoms with E-state index in [0.29, 0.717) is 9.99 Å². The Labute approximate surface area is 162 Å². The van der Waals surface area contributed by atoms with E-state index in [1.54, 1.807) is 6.07 Å². The van der Waals surface area contributed by atoms with Crippen LogP contribution in [0.3, 0.4) is 0 Å². The third-order valence-electron chi connectivity index (χ3n) is 4.39. The maximum Gasteiger partial charge on any atom is 0.269 e. The van der Waals surface area contributed by atoms with Crippen molar-refractivity contribution in [2.75, 3.05) is 18.4 Å². The first-order valence-corrected chi connectivity index (χ1v) is 9.94. The fourth-order valence-electron chi connectivity index (χ4n) is 2.95. The third kappa shape index (κ3) is 3.61. The van der Waals surface area contributed by atoms with Crippen LogP contribution in [-0.2, 0) is 19.6 Å². The molecule has 3 amide bonds. The number of carbonyl (C=O) groups excluding carboxylic acids is 3. The lowest BCUT2D eigenvalue weighted by Crippen LogP contribution is -2.42. The fourth-order valence-corrected chi connectivity index (χ4v) is 4.47. The number of aryl methyl sites for hydroxylation is 2. The molecule has 0 unspecified atom stereocenters. The van der Waals surface area contributed by atoms with Crippen LogP contribution in [0.5, 0.6) is 0 Å². The minimum absolute atomic E-state index is 0.0306. The summed E-state index contributed by atoms with van der Waals surface area (Å²) in [6.07, 6.45) is 0. The fraction of sp³-hybridized carbons (Fsp3) is 0.211. The molecular formula is C19H19N3O5S. The van der Waals surface area contributed by atoms with Crippen molar-refractivity contribution in [2.24, 2.45) is 0 Å². The molecule has 1 heterocycles. The van der Waals surface area contributed by atoms with Crippen molar-refractivity contribution < 1.29 is 22.8 Å². The average Bonchev–Trinajstić information content (AvgIpc) is 2.84. The summed E-state index contributed by atoms with van der Waals surface area (Å²) in [5.74, 6) is -1.96. The number of para-hydroxylation sites is 1. The summed E-state index contributed by atoms with van der Waals surface area (Å²) in [4.78, 5) is 36.4. The van der Waals surface area contributed by atoms with Crippen LogP contribution in [-0.4, -0.2) is 43.5 Å². The Bertz CT molecular complexity index is 1060. The number of hydrogen-bond acceptors (Lipinski definition) is 5. The molecule has 0 bridgehead atoms. The van der Waals surface area contributed by atoms with Crippen molar-refractivity contribution in [3.05, 3.63) is 59.2 Å². The average molecular weight is 401 g/mol. The predicted molar refractivity (Wildman–Crippen MR) is 102 cm³/mol. The van der Waals surface area contributed by atoms with Gasteiger partial charge in [-0.15, -0.1) is 0 Å². The summed E-state index contributed by atoms with van der Waals surface area (Å²) in [5.41, 5.74) is 2.45. The summed E-state index contributed by atoms with van der Waals surface area (Å²) in [7, 11) is -4.07. The molecule has 8 nitrogen and oxygen atoms in total. The summed E-state index contributed by atoms with van der Waals surface area (Å²) in [6.45, 7) is 2.67. The molecule has 2 aromatic carbocycles. The van der Waals surface area contributed by atoms with Gasteiger partial charge >= 0.3 is 0 Å². The van der Waals surface area contributed by atoms with Crippen molar-refractivity contribution in [1.29, 1.82) is 0 Å². The molecule has 0 radical (unpaired) electrons. The number of fused-ring (bicyclic) bond motifs is 1. The van der Waals surface area contributed by atoms with E-state index in [0.717, 1.165) is 11.1 Å². The van der Waals surface area contributed by atoms with E-state index in [1.807, 2.05) is 32.0 Å². The molecule has 0 aliphatic carbocycles. The minimum Gasteiger partial charge on any atom is -0.345 e.